The summed E-state index contributed by atoms with van der Waals surface area (Å²) in [5, 5.41) is 3.72. The number of benzene rings is 2. The molecule has 2 heterocycles. The van der Waals surface area contributed by atoms with Gasteiger partial charge in [0, 0.05) is 6.04 Å². The van der Waals surface area contributed by atoms with E-state index in [1.54, 1.807) is 22.8 Å². The molecule has 4 rings (SSSR count). The highest BCUT2D eigenvalue weighted by Gasteiger charge is 2.29. The van der Waals surface area contributed by atoms with E-state index in [9.17, 15) is 18.0 Å². The molecule has 0 bridgehead atoms. The van der Waals surface area contributed by atoms with Crippen LogP contribution in [0.3, 0.4) is 0 Å². The third-order valence-electron chi connectivity index (χ3n) is 6.01. The first kappa shape index (κ1) is 23.5. The smallest absolute Gasteiger partial charge is 0.266 e. The van der Waals surface area contributed by atoms with Gasteiger partial charge in [-0.05, 0) is 48.6 Å². The average molecular weight is 486 g/mol. The number of fused-ring (bicyclic) bond motifs is 1. The van der Waals surface area contributed by atoms with Crippen LogP contribution in [0.2, 0.25) is 0 Å². The molecular formula is C24H27N3O4S2. The minimum atomic E-state index is -3.07. The zero-order chi connectivity index (χ0) is 23.6. The van der Waals surface area contributed by atoms with Gasteiger partial charge in [-0.3, -0.25) is 14.2 Å². The van der Waals surface area contributed by atoms with Crippen LogP contribution in [0.5, 0.6) is 0 Å². The molecule has 7 nitrogen and oxygen atoms in total. The van der Waals surface area contributed by atoms with Gasteiger partial charge < -0.3 is 5.32 Å². The second-order valence-corrected chi connectivity index (χ2v) is 11.6. The number of carbonyl (C=O) groups excluding carboxylic acids is 1. The lowest BCUT2D eigenvalue weighted by Gasteiger charge is -2.15. The van der Waals surface area contributed by atoms with E-state index in [1.165, 1.54) is 17.3 Å². The summed E-state index contributed by atoms with van der Waals surface area (Å²) in [5.74, 6) is 0.256. The normalized spacial score (nSPS) is 18.3. The van der Waals surface area contributed by atoms with Crippen LogP contribution in [-0.4, -0.2) is 47.2 Å². The molecule has 1 aliphatic heterocycles. The number of sulfone groups is 1. The molecule has 2 aromatic carbocycles. The fourth-order valence-corrected chi connectivity index (χ4v) is 6.43. The van der Waals surface area contributed by atoms with Crippen molar-refractivity contribution < 1.29 is 13.2 Å². The van der Waals surface area contributed by atoms with Crippen molar-refractivity contribution in [2.45, 2.75) is 43.8 Å². The minimum Gasteiger partial charge on any atom is -0.352 e. The largest absolute Gasteiger partial charge is 0.352 e. The molecule has 9 heteroatoms. The molecule has 1 aliphatic rings. The van der Waals surface area contributed by atoms with E-state index in [2.05, 4.69) is 24.1 Å². The molecule has 3 aromatic rings. The maximum absolute atomic E-state index is 13.4. The molecule has 0 spiro atoms. The summed E-state index contributed by atoms with van der Waals surface area (Å²) in [4.78, 5) is 30.5. The Balaban J connectivity index is 1.63. The number of para-hydroxylation sites is 1. The summed E-state index contributed by atoms with van der Waals surface area (Å²) in [6, 6.07) is 14.7. The number of thioether (sulfide) groups is 1. The van der Waals surface area contributed by atoms with Crippen LogP contribution in [0.15, 0.2) is 58.5 Å². The Bertz CT molecular complexity index is 1330. The lowest BCUT2D eigenvalue weighted by atomic mass is 9.98. The maximum Gasteiger partial charge on any atom is 0.266 e. The van der Waals surface area contributed by atoms with E-state index in [1.807, 2.05) is 30.3 Å². The topological polar surface area (TPSA) is 98.1 Å². The highest BCUT2D eigenvalue weighted by molar-refractivity contribution is 7.99. The number of carbonyl (C=O) groups is 1. The predicted octanol–water partition coefficient (Wildman–Crippen LogP) is 3.29. The quantitative estimate of drug-likeness (QED) is 0.407. The molecule has 174 valence electrons. The summed E-state index contributed by atoms with van der Waals surface area (Å²) in [5.41, 5.74) is 2.26. The summed E-state index contributed by atoms with van der Waals surface area (Å²) in [6.07, 6.45) is 1.45. The molecule has 2 atom stereocenters. The molecule has 0 radical (unpaired) electrons. The maximum atomic E-state index is 13.4. The van der Waals surface area contributed by atoms with Gasteiger partial charge in [0.15, 0.2) is 15.0 Å². The molecule has 0 aliphatic carbocycles. The van der Waals surface area contributed by atoms with E-state index in [0.29, 0.717) is 34.1 Å². The standard InChI is InChI=1S/C24H27N3O4S2/c1-3-16(2)17-8-10-19(11-9-17)27-23(29)20-6-4-5-7-21(20)26-24(27)32-14-22(28)25-18-12-13-33(30,31)15-18/h4-11,16,18H,3,12-15H2,1-2H3,(H,25,28)/t16-,18+/m1/s1. The molecule has 1 amide bonds. The van der Waals surface area contributed by atoms with Crippen molar-refractivity contribution in [1.82, 2.24) is 14.9 Å². The molecule has 0 saturated carbocycles. The predicted molar refractivity (Wildman–Crippen MR) is 132 cm³/mol. The van der Waals surface area contributed by atoms with Crippen molar-refractivity contribution in [3.05, 3.63) is 64.4 Å². The van der Waals surface area contributed by atoms with Gasteiger partial charge in [-0.25, -0.2) is 13.4 Å². The van der Waals surface area contributed by atoms with Gasteiger partial charge in [0.2, 0.25) is 5.91 Å². The van der Waals surface area contributed by atoms with E-state index in [0.717, 1.165) is 6.42 Å². The molecule has 1 saturated heterocycles. The van der Waals surface area contributed by atoms with Crippen molar-refractivity contribution in [1.29, 1.82) is 0 Å². The van der Waals surface area contributed by atoms with Crippen LogP contribution in [0.4, 0.5) is 0 Å². The summed E-state index contributed by atoms with van der Waals surface area (Å²) < 4.78 is 24.8. The monoisotopic (exact) mass is 485 g/mol. The van der Waals surface area contributed by atoms with Crippen LogP contribution in [0.1, 0.15) is 38.2 Å². The first-order chi connectivity index (χ1) is 15.8. The number of hydrogen-bond donors (Lipinski definition) is 1. The summed E-state index contributed by atoms with van der Waals surface area (Å²) in [6.45, 7) is 4.30. The van der Waals surface area contributed by atoms with Gasteiger partial charge in [-0.2, -0.15) is 0 Å². The van der Waals surface area contributed by atoms with Gasteiger partial charge in [0.1, 0.15) is 0 Å². The first-order valence-corrected chi connectivity index (χ1v) is 13.8. The highest BCUT2D eigenvalue weighted by Crippen LogP contribution is 2.24. The third-order valence-corrected chi connectivity index (χ3v) is 8.71. The molecule has 33 heavy (non-hydrogen) atoms. The van der Waals surface area contributed by atoms with Crippen LogP contribution >= 0.6 is 11.8 Å². The Morgan fingerprint density at radius 3 is 2.61 bits per heavy atom. The van der Waals surface area contributed by atoms with Crippen molar-refractivity contribution in [3.63, 3.8) is 0 Å². The fraction of sp³-hybridized carbons (Fsp3) is 0.375. The van der Waals surface area contributed by atoms with Gasteiger partial charge in [-0.1, -0.05) is 49.9 Å². The Morgan fingerprint density at radius 1 is 1.21 bits per heavy atom. The number of amides is 1. The van der Waals surface area contributed by atoms with Crippen LogP contribution in [-0.2, 0) is 14.6 Å². The Hall–Kier alpha value is -2.65. The lowest BCUT2D eigenvalue weighted by molar-refractivity contribution is -0.119. The van der Waals surface area contributed by atoms with E-state index in [4.69, 9.17) is 0 Å². The molecule has 1 aromatic heterocycles. The minimum absolute atomic E-state index is 0.0229. The van der Waals surface area contributed by atoms with Crippen LogP contribution < -0.4 is 10.9 Å². The number of nitrogens with one attached hydrogen (secondary N) is 1. The Kier molecular flexibility index (Phi) is 6.90. The van der Waals surface area contributed by atoms with Crippen molar-refractivity contribution in [2.24, 2.45) is 0 Å². The fourth-order valence-electron chi connectivity index (χ4n) is 3.93. The third kappa shape index (κ3) is 5.30. The number of nitrogens with zero attached hydrogens (tertiary/aromatic N) is 2. The van der Waals surface area contributed by atoms with Crippen molar-refractivity contribution in [3.8, 4) is 5.69 Å². The average Bonchev–Trinajstić information content (AvgIpc) is 3.15. The van der Waals surface area contributed by atoms with Gasteiger partial charge in [0.25, 0.3) is 5.56 Å². The Morgan fingerprint density at radius 2 is 1.94 bits per heavy atom. The number of hydrogen-bond acceptors (Lipinski definition) is 6. The highest BCUT2D eigenvalue weighted by atomic mass is 32.2. The van der Waals surface area contributed by atoms with E-state index in [-0.39, 0.29) is 34.8 Å². The second-order valence-electron chi connectivity index (χ2n) is 8.41. The van der Waals surface area contributed by atoms with Crippen molar-refractivity contribution in [2.75, 3.05) is 17.3 Å². The van der Waals surface area contributed by atoms with E-state index < -0.39 is 9.84 Å². The van der Waals surface area contributed by atoms with Crippen molar-refractivity contribution >= 4 is 38.4 Å². The van der Waals surface area contributed by atoms with Crippen LogP contribution in [0, 0.1) is 0 Å². The van der Waals surface area contributed by atoms with Gasteiger partial charge in [-0.15, -0.1) is 0 Å². The van der Waals surface area contributed by atoms with Gasteiger partial charge >= 0.3 is 0 Å². The number of aromatic nitrogens is 2. The van der Waals surface area contributed by atoms with Gasteiger partial charge in [0.05, 0.1) is 33.8 Å². The van der Waals surface area contributed by atoms with Crippen LogP contribution in [0.25, 0.3) is 16.6 Å². The first-order valence-electron chi connectivity index (χ1n) is 11.0. The second kappa shape index (κ2) is 9.69. The number of rotatable bonds is 7. The zero-order valence-electron chi connectivity index (χ0n) is 18.7. The lowest BCUT2D eigenvalue weighted by Crippen LogP contribution is -2.36. The molecular weight excluding hydrogens is 458 g/mol. The summed E-state index contributed by atoms with van der Waals surface area (Å²) in [7, 11) is -3.07. The SMILES string of the molecule is CC[C@@H](C)c1ccc(-n2c(SCC(=O)N[C@H]3CCS(=O)(=O)C3)nc3ccccc3c2=O)cc1. The molecule has 0 unspecified atom stereocenters. The molecule has 1 fully saturated rings. The molecule has 1 N–H and O–H groups in total. The Labute approximate surface area is 197 Å². The summed E-state index contributed by atoms with van der Waals surface area (Å²) >= 11 is 1.17. The van der Waals surface area contributed by atoms with E-state index >= 15 is 0 Å². The zero-order valence-corrected chi connectivity index (χ0v) is 20.3.